The van der Waals surface area contributed by atoms with E-state index in [9.17, 15) is 14.0 Å². The van der Waals surface area contributed by atoms with E-state index in [0.717, 1.165) is 25.0 Å². The smallest absolute Gasteiger partial charge is 0.251 e. The Labute approximate surface area is 354 Å². The number of carbonyl (C=O) groups excluding carboxylic acids is 2. The predicted octanol–water partition coefficient (Wildman–Crippen LogP) is 4.69. The summed E-state index contributed by atoms with van der Waals surface area (Å²) < 4.78 is 59.5. The van der Waals surface area contributed by atoms with Gasteiger partial charge in [0.25, 0.3) is 5.91 Å². The number of aryl methyl sites for hydroxylation is 1. The monoisotopic (exact) mass is 850 g/mol. The summed E-state index contributed by atoms with van der Waals surface area (Å²) >= 11 is 0. The first-order valence-corrected chi connectivity index (χ1v) is 20.8. The van der Waals surface area contributed by atoms with Gasteiger partial charge in [0.15, 0.2) is 11.5 Å². The van der Waals surface area contributed by atoms with E-state index in [0.29, 0.717) is 84.2 Å². The highest BCUT2D eigenvalue weighted by atomic mass is 19.1. The number of hydrogen-bond donors (Lipinski definition) is 2. The summed E-state index contributed by atoms with van der Waals surface area (Å²) in [7, 11) is 3.33. The fraction of sp³-hybridized carbons (Fsp3) is 0.419. The highest BCUT2D eigenvalue weighted by Gasteiger charge is 2.41. The van der Waals surface area contributed by atoms with Gasteiger partial charge in [-0.1, -0.05) is 6.07 Å². The summed E-state index contributed by atoms with van der Waals surface area (Å²) in [5.74, 6) is -0.503. The SMILES string of the molecule is CO[C@H]1CN(C)C(=O)[C@@H]2C[C@@H](CN2c2nc(NC3CCCN(C(=O)C4CCO4)C3)nc3c2cnn3-c2ccc(F)cc2F)Nc2cccc(n2)-c2cc(F)cc3nc(C)n(c23)C1. The molecule has 2 N–H and O–H groups in total. The van der Waals surface area contributed by atoms with Crippen LogP contribution in [0, 0.1) is 24.4 Å². The van der Waals surface area contributed by atoms with Crippen LogP contribution in [0.15, 0.2) is 54.7 Å². The fourth-order valence-corrected chi connectivity index (χ4v) is 9.23. The van der Waals surface area contributed by atoms with Crippen molar-refractivity contribution in [1.82, 2.24) is 44.1 Å². The van der Waals surface area contributed by atoms with Gasteiger partial charge in [0, 0.05) is 76.5 Å². The molecule has 6 aromatic rings. The summed E-state index contributed by atoms with van der Waals surface area (Å²) in [4.78, 5) is 52.9. The molecular formula is C43H45F3N12O4. The number of anilines is 3. The lowest BCUT2D eigenvalue weighted by Gasteiger charge is -2.37. The van der Waals surface area contributed by atoms with Crippen LogP contribution >= 0.6 is 0 Å². The van der Waals surface area contributed by atoms with Gasteiger partial charge in [-0.25, -0.2) is 27.8 Å². The molecule has 2 aromatic carbocycles. The summed E-state index contributed by atoms with van der Waals surface area (Å²) in [6.07, 6.45) is 3.12. The molecule has 16 nitrogen and oxygen atoms in total. The van der Waals surface area contributed by atoms with Crippen molar-refractivity contribution < 1.29 is 32.2 Å². The van der Waals surface area contributed by atoms with E-state index >= 15 is 8.78 Å². The van der Waals surface area contributed by atoms with E-state index in [-0.39, 0.29) is 54.3 Å². The minimum absolute atomic E-state index is 0.0230. The largest absolute Gasteiger partial charge is 0.378 e. The second-order valence-electron chi connectivity index (χ2n) is 16.5. The Morgan fingerprint density at radius 3 is 2.63 bits per heavy atom. The first kappa shape index (κ1) is 39.8. The first-order chi connectivity index (χ1) is 30.0. The van der Waals surface area contributed by atoms with Crippen LogP contribution in [0.2, 0.25) is 0 Å². The minimum atomic E-state index is -0.836. The van der Waals surface area contributed by atoms with Gasteiger partial charge in [-0.3, -0.25) is 9.59 Å². The Balaban J connectivity index is 1.06. The van der Waals surface area contributed by atoms with Gasteiger partial charge < -0.3 is 39.4 Å². The van der Waals surface area contributed by atoms with Gasteiger partial charge in [0.1, 0.15) is 46.9 Å². The average molecular weight is 851 g/mol. The number of amides is 2. The normalized spacial score (nSPS) is 23.0. The highest BCUT2D eigenvalue weighted by molar-refractivity contribution is 5.94. The van der Waals surface area contributed by atoms with Crippen LogP contribution in [0.5, 0.6) is 0 Å². The summed E-state index contributed by atoms with van der Waals surface area (Å²) in [5, 5.41) is 11.9. The Morgan fingerprint density at radius 2 is 1.84 bits per heavy atom. The maximum Gasteiger partial charge on any atom is 0.251 e. The van der Waals surface area contributed by atoms with E-state index in [1.807, 2.05) is 34.6 Å². The summed E-state index contributed by atoms with van der Waals surface area (Å²) in [5.41, 5.74) is 2.53. The number of piperidine rings is 1. The first-order valence-electron chi connectivity index (χ1n) is 20.8. The fourth-order valence-electron chi connectivity index (χ4n) is 9.23. The number of likely N-dealkylation sites (N-methyl/N-ethyl adjacent to an activating group) is 1. The number of likely N-dealkylation sites (tertiary alicyclic amines) is 1. The van der Waals surface area contributed by atoms with Crippen molar-refractivity contribution in [3.63, 3.8) is 0 Å². The van der Waals surface area contributed by atoms with Crippen LogP contribution in [0.4, 0.5) is 30.8 Å². The second kappa shape index (κ2) is 15.8. The van der Waals surface area contributed by atoms with Crippen molar-refractivity contribution >= 4 is 51.5 Å². The van der Waals surface area contributed by atoms with Crippen molar-refractivity contribution in [2.45, 2.75) is 69.5 Å². The number of halogens is 3. The highest BCUT2D eigenvalue weighted by Crippen LogP contribution is 2.36. The molecule has 4 aliphatic heterocycles. The molecule has 0 radical (unpaired) electrons. The summed E-state index contributed by atoms with van der Waals surface area (Å²) in [6, 6.07) is 10.3. The van der Waals surface area contributed by atoms with E-state index in [1.165, 1.54) is 29.1 Å². The van der Waals surface area contributed by atoms with Gasteiger partial charge in [0.2, 0.25) is 11.9 Å². The third-order valence-corrected chi connectivity index (χ3v) is 12.4. The van der Waals surface area contributed by atoms with Crippen LogP contribution in [0.3, 0.4) is 0 Å². The molecule has 2 unspecified atom stereocenters. The Morgan fingerprint density at radius 1 is 0.984 bits per heavy atom. The number of fused-ring (bicyclic) bond motifs is 6. The molecule has 0 aliphatic carbocycles. The average Bonchev–Trinajstić information content (AvgIpc) is 3.94. The summed E-state index contributed by atoms with van der Waals surface area (Å²) in [6.45, 7) is 4.25. The molecule has 10 rings (SSSR count). The zero-order valence-electron chi connectivity index (χ0n) is 34.4. The molecule has 2 amide bonds. The van der Waals surface area contributed by atoms with Crippen LogP contribution in [-0.4, -0.2) is 133 Å². The number of aromatic nitrogens is 7. The quantitative estimate of drug-likeness (QED) is 0.239. The second-order valence-corrected chi connectivity index (χ2v) is 16.5. The van der Waals surface area contributed by atoms with Crippen molar-refractivity contribution in [3.05, 3.63) is 78.0 Å². The van der Waals surface area contributed by atoms with Gasteiger partial charge in [-0.15, -0.1) is 0 Å². The van der Waals surface area contributed by atoms with Crippen molar-refractivity contribution in [3.8, 4) is 16.9 Å². The molecule has 322 valence electrons. The Hall–Kier alpha value is -6.34. The van der Waals surface area contributed by atoms with Crippen LogP contribution < -0.4 is 15.5 Å². The number of carbonyl (C=O) groups is 2. The number of methoxy groups -OCH3 is 1. The lowest BCUT2D eigenvalue weighted by molar-refractivity contribution is -0.157. The van der Waals surface area contributed by atoms with Crippen molar-refractivity contribution in [1.29, 1.82) is 0 Å². The van der Waals surface area contributed by atoms with Crippen LogP contribution in [0.25, 0.3) is 39.0 Å². The molecule has 4 aliphatic rings. The Kier molecular flexibility index (Phi) is 10.2. The molecule has 19 heteroatoms. The lowest BCUT2D eigenvalue weighted by atomic mass is 10.0. The molecule has 0 spiro atoms. The molecule has 0 saturated carbocycles. The molecule has 5 atom stereocenters. The third-order valence-electron chi connectivity index (χ3n) is 12.4. The van der Waals surface area contributed by atoms with E-state index in [1.54, 1.807) is 24.0 Å². The molecule has 3 saturated heterocycles. The molecule has 4 aromatic heterocycles. The molecular weight excluding hydrogens is 806 g/mol. The Bertz CT molecular complexity index is 2720. The maximum atomic E-state index is 15.4. The van der Waals surface area contributed by atoms with Crippen LogP contribution in [-0.2, 0) is 25.6 Å². The number of nitrogens with one attached hydrogen (secondary N) is 2. The molecule has 3 fully saturated rings. The third kappa shape index (κ3) is 7.21. The number of pyridine rings is 1. The predicted molar refractivity (Wildman–Crippen MR) is 223 cm³/mol. The number of nitrogens with zero attached hydrogens (tertiary/aromatic N) is 10. The maximum absolute atomic E-state index is 15.4. The van der Waals surface area contributed by atoms with E-state index < -0.39 is 35.7 Å². The van der Waals surface area contributed by atoms with E-state index in [2.05, 4.69) is 20.7 Å². The zero-order chi connectivity index (χ0) is 42.8. The molecule has 4 bridgehead atoms. The zero-order valence-corrected chi connectivity index (χ0v) is 34.4. The number of rotatable bonds is 6. The van der Waals surface area contributed by atoms with Crippen molar-refractivity contribution in [2.24, 2.45) is 0 Å². The number of imidazole rings is 1. The van der Waals surface area contributed by atoms with Gasteiger partial charge in [-0.05, 0) is 56.5 Å². The van der Waals surface area contributed by atoms with Gasteiger partial charge >= 0.3 is 0 Å². The lowest BCUT2D eigenvalue weighted by Crippen LogP contribution is -2.51. The van der Waals surface area contributed by atoms with Gasteiger partial charge in [0.05, 0.1) is 47.6 Å². The minimum Gasteiger partial charge on any atom is -0.378 e. The van der Waals surface area contributed by atoms with Crippen LogP contribution in [0.1, 0.15) is 31.5 Å². The number of hydrogen-bond acceptors (Lipinski definition) is 12. The van der Waals surface area contributed by atoms with Gasteiger partial charge in [-0.2, -0.15) is 15.1 Å². The standard InChI is InChI=1S/C43H45F3N12O4/c1-23-48-33-16-25(45)14-29-32-7-4-8-37(51-32)49-27-17-35(41(59)54(2)21-28(61-3)22-56(23)38(29)33)57(20-27)39-30-18-47-58(34-10-9-24(44)15-31(34)46)40(30)53-43(52-39)50-26-6-5-12-55(19-26)42(60)36-11-13-62-36/h4,7-10,14-16,18,26-28,35-36H,5-6,11-13,17,19-22H2,1-3H3,(H,49,51)(H,50,52,53)/t26?,27-,28-,35-,36?/m0/s1. The molecule has 8 heterocycles. The van der Waals surface area contributed by atoms with E-state index in [4.69, 9.17) is 24.4 Å². The number of ether oxygens (including phenoxy) is 2. The topological polar surface area (TPSA) is 161 Å². The molecule has 62 heavy (non-hydrogen) atoms. The van der Waals surface area contributed by atoms with Crippen molar-refractivity contribution in [2.75, 3.05) is 62.5 Å². The number of benzene rings is 2.